The first-order valence-corrected chi connectivity index (χ1v) is 16.8. The van der Waals surface area contributed by atoms with Gasteiger partial charge in [0, 0.05) is 19.6 Å². The number of ether oxygens (including phenoxy) is 3. The van der Waals surface area contributed by atoms with Gasteiger partial charge in [0.25, 0.3) is 0 Å². The van der Waals surface area contributed by atoms with Crippen molar-refractivity contribution in [2.24, 2.45) is 46.3 Å². The summed E-state index contributed by atoms with van der Waals surface area (Å²) in [5.74, 6) is -0.429. The van der Waals surface area contributed by atoms with Gasteiger partial charge in [0.1, 0.15) is 18.3 Å². The molecule has 5 aliphatic rings. The monoisotopic (exact) mass is 614 g/mol. The van der Waals surface area contributed by atoms with Crippen molar-refractivity contribution in [1.29, 1.82) is 0 Å². The Morgan fingerprint density at radius 3 is 2.23 bits per heavy atom. The molecule has 10 heteroatoms. The summed E-state index contributed by atoms with van der Waals surface area (Å²) in [5.41, 5.74) is -1.95. The Morgan fingerprint density at radius 2 is 1.56 bits per heavy atom. The molecule has 0 aromatic heterocycles. The maximum atomic E-state index is 12.6. The van der Waals surface area contributed by atoms with Crippen LogP contribution in [-0.2, 0) is 14.2 Å². The van der Waals surface area contributed by atoms with Gasteiger partial charge >= 0.3 is 0 Å². The highest BCUT2D eigenvalue weighted by Crippen LogP contribution is 2.70. The Morgan fingerprint density at radius 1 is 0.860 bits per heavy atom. The molecule has 0 spiro atoms. The summed E-state index contributed by atoms with van der Waals surface area (Å²) in [5, 5.41) is 77.2. The zero-order valence-electron chi connectivity index (χ0n) is 26.7. The molecule has 0 bridgehead atoms. The molecule has 0 radical (unpaired) electrons. The first-order valence-electron chi connectivity index (χ1n) is 16.8. The van der Waals surface area contributed by atoms with Gasteiger partial charge in [-0.3, -0.25) is 0 Å². The number of hydrogen-bond donors (Lipinski definition) is 7. The predicted molar refractivity (Wildman–Crippen MR) is 158 cm³/mol. The van der Waals surface area contributed by atoms with E-state index in [1.165, 1.54) is 7.11 Å². The minimum atomic E-state index is -1.15. The fourth-order valence-corrected chi connectivity index (χ4v) is 11.0. The van der Waals surface area contributed by atoms with E-state index in [9.17, 15) is 35.7 Å². The highest BCUT2D eigenvalue weighted by Gasteiger charge is 2.72. The van der Waals surface area contributed by atoms with E-state index in [1.54, 1.807) is 0 Å². The van der Waals surface area contributed by atoms with Crippen LogP contribution in [0.5, 0.6) is 0 Å². The van der Waals surface area contributed by atoms with Gasteiger partial charge < -0.3 is 50.0 Å². The van der Waals surface area contributed by atoms with Gasteiger partial charge in [0.05, 0.1) is 36.6 Å². The molecule has 10 nitrogen and oxygen atoms in total. The van der Waals surface area contributed by atoms with E-state index in [0.29, 0.717) is 25.7 Å². The van der Waals surface area contributed by atoms with Gasteiger partial charge in [-0.2, -0.15) is 0 Å². The Kier molecular flexibility index (Phi) is 9.99. The van der Waals surface area contributed by atoms with Crippen LogP contribution in [0.3, 0.4) is 0 Å². The van der Waals surface area contributed by atoms with Crippen molar-refractivity contribution in [3.05, 3.63) is 0 Å². The van der Waals surface area contributed by atoms with Gasteiger partial charge in [-0.1, -0.05) is 40.5 Å². The maximum absolute atomic E-state index is 12.6. The van der Waals surface area contributed by atoms with Crippen LogP contribution < -0.4 is 0 Å². The lowest BCUT2D eigenvalue weighted by Crippen LogP contribution is -2.68. The molecule has 0 aromatic carbocycles. The van der Waals surface area contributed by atoms with E-state index in [4.69, 9.17) is 14.2 Å². The maximum Gasteiger partial charge on any atom is 0.186 e. The lowest BCUT2D eigenvalue weighted by atomic mass is 9.42. The molecule has 7 N–H and O–H groups in total. The number of fused-ring (bicyclic) bond motifs is 5. The third-order valence-electron chi connectivity index (χ3n) is 13.2. The zero-order chi connectivity index (χ0) is 31.5. The molecule has 4 saturated carbocycles. The summed E-state index contributed by atoms with van der Waals surface area (Å²) >= 11 is 0. The summed E-state index contributed by atoms with van der Waals surface area (Å²) in [6, 6.07) is 0. The van der Waals surface area contributed by atoms with Crippen molar-refractivity contribution in [2.75, 3.05) is 20.3 Å². The average molecular weight is 615 g/mol. The molecule has 250 valence electrons. The highest BCUT2D eigenvalue weighted by molar-refractivity contribution is 5.21. The van der Waals surface area contributed by atoms with Gasteiger partial charge in [-0.15, -0.1) is 0 Å². The minimum absolute atomic E-state index is 0.0829. The SMILES string of the molecule is CO[C@H]1C(O)[C@H](O)CO[C@H]1O[C@H]1CC[C@]2(C)[C@H]3CC[C@]4(C)[C@@H]([C@H](C)CCC[C@H](C)CO)[C@@H](O)[C@H](O)[C@H]4[C@]3(O)CC[C@H]2[C@H]1O. The molecule has 43 heavy (non-hydrogen) atoms. The molecule has 4 aliphatic carbocycles. The number of methoxy groups -OCH3 is 1. The Balaban J connectivity index is 1.32. The Labute approximate surface area is 256 Å². The average Bonchev–Trinajstić information content (AvgIpc) is 3.17. The second-order valence-corrected chi connectivity index (χ2v) is 15.6. The summed E-state index contributed by atoms with van der Waals surface area (Å²) in [7, 11) is 1.43. The van der Waals surface area contributed by atoms with E-state index in [-0.39, 0.29) is 48.2 Å². The first-order chi connectivity index (χ1) is 20.2. The van der Waals surface area contributed by atoms with E-state index in [1.807, 2.05) is 6.92 Å². The molecule has 5 fully saturated rings. The minimum Gasteiger partial charge on any atom is -0.396 e. The second kappa shape index (κ2) is 12.7. The quantitative estimate of drug-likeness (QED) is 0.189. The Hall–Kier alpha value is -0.400. The second-order valence-electron chi connectivity index (χ2n) is 15.6. The first kappa shape index (κ1) is 33.9. The highest BCUT2D eigenvalue weighted by atomic mass is 16.7. The lowest BCUT2D eigenvalue weighted by molar-refractivity contribution is -0.312. The molecule has 0 aromatic rings. The van der Waals surface area contributed by atoms with E-state index >= 15 is 0 Å². The molecule has 1 aliphatic heterocycles. The summed E-state index contributed by atoms with van der Waals surface area (Å²) in [6.45, 7) is 8.62. The molecule has 5 rings (SSSR count). The van der Waals surface area contributed by atoms with Crippen LogP contribution in [0, 0.1) is 46.3 Å². The molecule has 1 saturated heterocycles. The van der Waals surface area contributed by atoms with Gasteiger partial charge in [0.15, 0.2) is 6.29 Å². The van der Waals surface area contributed by atoms with Crippen LogP contribution >= 0.6 is 0 Å². The fourth-order valence-electron chi connectivity index (χ4n) is 11.0. The predicted octanol–water partition coefficient (Wildman–Crippen LogP) is 1.59. The van der Waals surface area contributed by atoms with Crippen molar-refractivity contribution in [3.63, 3.8) is 0 Å². The van der Waals surface area contributed by atoms with Crippen LogP contribution in [0.15, 0.2) is 0 Å². The standard InChI is InChI=1S/C33H58O10/c1-17(15-34)7-6-8-18(2)23-26(38)27(39)29-32(23,4)13-11-22-31(3)12-10-21(24(36)19(31)9-14-33(22,29)40)43-30-28(41-5)25(37)20(35)16-42-30/h17-30,34-40H,6-16H2,1-5H3/t17-,18+,19-,20+,21-,22+,23-,24+,25?,26+,27-,28-,29+,30-,31-,32+,33-/m0/s1. The largest absolute Gasteiger partial charge is 0.396 e. The van der Waals surface area contributed by atoms with Crippen LogP contribution in [-0.4, -0.2) is 111 Å². The molecular weight excluding hydrogens is 556 g/mol. The molecule has 1 unspecified atom stereocenters. The van der Waals surface area contributed by atoms with Gasteiger partial charge in [0.2, 0.25) is 0 Å². The summed E-state index contributed by atoms with van der Waals surface area (Å²) < 4.78 is 17.2. The van der Waals surface area contributed by atoms with E-state index < -0.39 is 66.0 Å². The van der Waals surface area contributed by atoms with Crippen molar-refractivity contribution in [2.45, 2.75) is 140 Å². The van der Waals surface area contributed by atoms with Crippen LogP contribution in [0.2, 0.25) is 0 Å². The van der Waals surface area contributed by atoms with Crippen LogP contribution in [0.25, 0.3) is 0 Å². The number of aliphatic hydroxyl groups excluding tert-OH is 6. The van der Waals surface area contributed by atoms with Crippen LogP contribution in [0.4, 0.5) is 0 Å². The third-order valence-corrected chi connectivity index (χ3v) is 13.2. The third kappa shape index (κ3) is 5.53. The lowest BCUT2D eigenvalue weighted by Gasteiger charge is -2.65. The number of rotatable bonds is 9. The van der Waals surface area contributed by atoms with Crippen molar-refractivity contribution in [3.8, 4) is 0 Å². The molecule has 0 amide bonds. The molecule has 1 heterocycles. The summed E-state index contributed by atoms with van der Waals surface area (Å²) in [4.78, 5) is 0. The molecule has 17 atom stereocenters. The summed E-state index contributed by atoms with van der Waals surface area (Å²) in [6.07, 6.45) is -0.677. The number of hydrogen-bond acceptors (Lipinski definition) is 10. The normalized spacial score (nSPS) is 53.0. The zero-order valence-corrected chi connectivity index (χ0v) is 26.7. The smallest absolute Gasteiger partial charge is 0.186 e. The number of aliphatic hydroxyl groups is 7. The topological polar surface area (TPSA) is 169 Å². The van der Waals surface area contributed by atoms with E-state index in [0.717, 1.165) is 32.1 Å². The van der Waals surface area contributed by atoms with Crippen molar-refractivity contribution < 1.29 is 50.0 Å². The van der Waals surface area contributed by atoms with Gasteiger partial charge in [-0.05, 0) is 85.4 Å². The van der Waals surface area contributed by atoms with Crippen molar-refractivity contribution in [1.82, 2.24) is 0 Å². The van der Waals surface area contributed by atoms with Gasteiger partial charge in [-0.25, -0.2) is 0 Å². The molecular formula is C33H58O10. The van der Waals surface area contributed by atoms with Crippen LogP contribution in [0.1, 0.15) is 85.5 Å². The van der Waals surface area contributed by atoms with Crippen molar-refractivity contribution >= 4 is 0 Å². The fraction of sp³-hybridized carbons (Fsp3) is 1.00. The Bertz CT molecular complexity index is 953. The van der Waals surface area contributed by atoms with E-state index in [2.05, 4.69) is 20.8 Å².